The van der Waals surface area contributed by atoms with Crippen LogP contribution in [0.4, 0.5) is 5.69 Å². The number of aromatic nitrogens is 2. The SMILES string of the molecule is CCOC(=O)c1ccccc1NC(=O)CN1CCC(c2nnc(-c3ccco3)o2)CC1. The van der Waals surface area contributed by atoms with Crippen molar-refractivity contribution in [3.63, 3.8) is 0 Å². The van der Waals surface area contributed by atoms with Crippen LogP contribution in [-0.2, 0) is 9.53 Å². The molecule has 2 aromatic heterocycles. The Bertz CT molecular complexity index is 1020. The van der Waals surface area contributed by atoms with Crippen LogP contribution in [-0.4, -0.2) is 53.2 Å². The molecule has 1 aromatic carbocycles. The summed E-state index contributed by atoms with van der Waals surface area (Å²) in [6, 6.07) is 10.4. The first-order valence-electron chi connectivity index (χ1n) is 10.3. The first-order valence-corrected chi connectivity index (χ1v) is 10.3. The Morgan fingerprint density at radius 3 is 2.71 bits per heavy atom. The largest absolute Gasteiger partial charge is 0.462 e. The van der Waals surface area contributed by atoms with E-state index < -0.39 is 5.97 Å². The lowest BCUT2D eigenvalue weighted by Gasteiger charge is -2.29. The van der Waals surface area contributed by atoms with E-state index >= 15 is 0 Å². The summed E-state index contributed by atoms with van der Waals surface area (Å²) in [7, 11) is 0. The highest BCUT2D eigenvalue weighted by Gasteiger charge is 2.27. The summed E-state index contributed by atoms with van der Waals surface area (Å²) in [5, 5.41) is 11.0. The topological polar surface area (TPSA) is 111 Å². The summed E-state index contributed by atoms with van der Waals surface area (Å²) in [5.74, 6) is 1.05. The van der Waals surface area contributed by atoms with Gasteiger partial charge in [-0.15, -0.1) is 10.2 Å². The van der Waals surface area contributed by atoms with E-state index in [0.717, 1.165) is 25.9 Å². The molecule has 9 heteroatoms. The minimum Gasteiger partial charge on any atom is -0.462 e. The van der Waals surface area contributed by atoms with Crippen LogP contribution in [0.5, 0.6) is 0 Å². The van der Waals surface area contributed by atoms with E-state index in [4.69, 9.17) is 13.6 Å². The van der Waals surface area contributed by atoms with Gasteiger partial charge in [0.2, 0.25) is 11.8 Å². The van der Waals surface area contributed by atoms with E-state index in [-0.39, 0.29) is 25.0 Å². The van der Waals surface area contributed by atoms with Crippen molar-refractivity contribution in [3.8, 4) is 11.7 Å². The van der Waals surface area contributed by atoms with Crippen LogP contribution in [0.25, 0.3) is 11.7 Å². The van der Waals surface area contributed by atoms with Gasteiger partial charge in [0.25, 0.3) is 5.89 Å². The van der Waals surface area contributed by atoms with Crippen LogP contribution in [0.2, 0.25) is 0 Å². The fraction of sp³-hybridized carbons (Fsp3) is 0.364. The number of carbonyl (C=O) groups excluding carboxylic acids is 2. The zero-order valence-corrected chi connectivity index (χ0v) is 17.2. The number of nitrogens with one attached hydrogen (secondary N) is 1. The second kappa shape index (κ2) is 9.57. The molecule has 1 N–H and O–H groups in total. The predicted molar refractivity (Wildman–Crippen MR) is 111 cm³/mol. The number of piperidine rings is 1. The van der Waals surface area contributed by atoms with Gasteiger partial charge in [-0.05, 0) is 57.1 Å². The normalized spacial score (nSPS) is 15.0. The maximum atomic E-state index is 12.5. The number of para-hydroxylation sites is 1. The van der Waals surface area contributed by atoms with Crippen molar-refractivity contribution in [1.82, 2.24) is 15.1 Å². The van der Waals surface area contributed by atoms with Gasteiger partial charge in [0.1, 0.15) is 0 Å². The molecular weight excluding hydrogens is 400 g/mol. The fourth-order valence-corrected chi connectivity index (χ4v) is 3.61. The third-order valence-electron chi connectivity index (χ3n) is 5.17. The van der Waals surface area contributed by atoms with Crippen LogP contribution >= 0.6 is 0 Å². The van der Waals surface area contributed by atoms with Gasteiger partial charge in [0.15, 0.2) is 5.76 Å². The Hall–Kier alpha value is -3.46. The van der Waals surface area contributed by atoms with Crippen LogP contribution in [0.15, 0.2) is 51.5 Å². The van der Waals surface area contributed by atoms with Gasteiger partial charge in [-0.1, -0.05) is 12.1 Å². The highest BCUT2D eigenvalue weighted by Crippen LogP contribution is 2.29. The van der Waals surface area contributed by atoms with Gasteiger partial charge in [0.05, 0.1) is 30.7 Å². The smallest absolute Gasteiger partial charge is 0.340 e. The summed E-state index contributed by atoms with van der Waals surface area (Å²) in [6.07, 6.45) is 3.19. The first-order chi connectivity index (χ1) is 15.1. The number of rotatable bonds is 7. The third-order valence-corrected chi connectivity index (χ3v) is 5.17. The lowest BCUT2D eigenvalue weighted by atomic mass is 9.97. The lowest BCUT2D eigenvalue weighted by Crippen LogP contribution is -2.39. The summed E-state index contributed by atoms with van der Waals surface area (Å²) in [6.45, 7) is 3.73. The molecule has 0 atom stereocenters. The number of furan rings is 1. The van der Waals surface area contributed by atoms with E-state index in [0.29, 0.717) is 28.8 Å². The van der Waals surface area contributed by atoms with Crippen molar-refractivity contribution in [2.24, 2.45) is 0 Å². The maximum absolute atomic E-state index is 12.5. The second-order valence-electron chi connectivity index (χ2n) is 7.29. The van der Waals surface area contributed by atoms with Crippen LogP contribution in [0.3, 0.4) is 0 Å². The van der Waals surface area contributed by atoms with Crippen LogP contribution in [0, 0.1) is 0 Å². The molecule has 4 rings (SSSR count). The Labute approximate surface area is 179 Å². The van der Waals surface area contributed by atoms with E-state index in [1.807, 2.05) is 0 Å². The number of anilines is 1. The molecule has 0 aliphatic carbocycles. The number of esters is 1. The molecule has 162 valence electrons. The van der Waals surface area contributed by atoms with E-state index in [1.54, 1.807) is 49.6 Å². The van der Waals surface area contributed by atoms with Gasteiger partial charge >= 0.3 is 5.97 Å². The van der Waals surface area contributed by atoms with Crippen molar-refractivity contribution in [3.05, 3.63) is 54.1 Å². The van der Waals surface area contributed by atoms with Crippen LogP contribution in [0.1, 0.15) is 41.9 Å². The lowest BCUT2D eigenvalue weighted by molar-refractivity contribution is -0.117. The van der Waals surface area contributed by atoms with E-state index in [2.05, 4.69) is 20.4 Å². The standard InChI is InChI=1S/C22H24N4O5/c1-2-29-22(28)16-6-3-4-7-17(16)23-19(27)14-26-11-9-15(10-12-26)20-24-25-21(31-20)18-8-5-13-30-18/h3-8,13,15H,2,9-12,14H2,1H3,(H,23,27). The molecule has 0 bridgehead atoms. The van der Waals surface area contributed by atoms with Gasteiger partial charge < -0.3 is 18.9 Å². The molecule has 1 aliphatic heterocycles. The Balaban J connectivity index is 1.29. The fourth-order valence-electron chi connectivity index (χ4n) is 3.61. The van der Waals surface area contributed by atoms with Crippen molar-refractivity contribution in [2.75, 3.05) is 31.6 Å². The molecule has 0 spiro atoms. The third kappa shape index (κ3) is 5.00. The van der Waals surface area contributed by atoms with E-state index in [9.17, 15) is 9.59 Å². The quantitative estimate of drug-likeness (QED) is 0.575. The number of ether oxygens (including phenoxy) is 1. The number of carbonyl (C=O) groups is 2. The summed E-state index contributed by atoms with van der Waals surface area (Å²) < 4.78 is 16.1. The molecular formula is C22H24N4O5. The predicted octanol–water partition coefficient (Wildman–Crippen LogP) is 3.32. The maximum Gasteiger partial charge on any atom is 0.340 e. The Morgan fingerprint density at radius 2 is 1.97 bits per heavy atom. The van der Waals surface area contributed by atoms with Crippen molar-refractivity contribution >= 4 is 17.6 Å². The minimum absolute atomic E-state index is 0.153. The molecule has 3 aromatic rings. The zero-order valence-electron chi connectivity index (χ0n) is 17.2. The first kappa shape index (κ1) is 20.8. The Morgan fingerprint density at radius 1 is 1.16 bits per heavy atom. The summed E-state index contributed by atoms with van der Waals surface area (Å²) in [4.78, 5) is 26.7. The van der Waals surface area contributed by atoms with Gasteiger partial charge in [0, 0.05) is 5.92 Å². The van der Waals surface area contributed by atoms with Crippen molar-refractivity contribution < 1.29 is 23.2 Å². The zero-order chi connectivity index (χ0) is 21.6. The molecule has 1 fully saturated rings. The van der Waals surface area contributed by atoms with Gasteiger partial charge in [-0.3, -0.25) is 9.69 Å². The van der Waals surface area contributed by atoms with E-state index in [1.165, 1.54) is 0 Å². The van der Waals surface area contributed by atoms with Crippen molar-refractivity contribution in [1.29, 1.82) is 0 Å². The number of likely N-dealkylation sites (tertiary alicyclic amines) is 1. The molecule has 0 unspecified atom stereocenters. The number of benzene rings is 1. The van der Waals surface area contributed by atoms with Gasteiger partial charge in [-0.2, -0.15) is 0 Å². The van der Waals surface area contributed by atoms with Crippen molar-refractivity contribution in [2.45, 2.75) is 25.7 Å². The molecule has 9 nitrogen and oxygen atoms in total. The summed E-state index contributed by atoms with van der Waals surface area (Å²) >= 11 is 0. The molecule has 0 radical (unpaired) electrons. The number of nitrogens with zero attached hydrogens (tertiary/aromatic N) is 3. The second-order valence-corrected chi connectivity index (χ2v) is 7.29. The molecule has 31 heavy (non-hydrogen) atoms. The monoisotopic (exact) mass is 424 g/mol. The van der Waals surface area contributed by atoms with Gasteiger partial charge in [-0.25, -0.2) is 4.79 Å². The molecule has 3 heterocycles. The molecule has 0 saturated carbocycles. The Kier molecular flexibility index (Phi) is 6.42. The highest BCUT2D eigenvalue weighted by molar-refractivity contribution is 6.01. The average Bonchev–Trinajstić information content (AvgIpc) is 3.47. The molecule has 1 amide bonds. The molecule has 1 aliphatic rings. The highest BCUT2D eigenvalue weighted by atomic mass is 16.5. The number of hydrogen-bond donors (Lipinski definition) is 1. The van der Waals surface area contributed by atoms with Crippen LogP contribution < -0.4 is 5.32 Å². The minimum atomic E-state index is -0.451. The average molecular weight is 424 g/mol. The number of hydrogen-bond acceptors (Lipinski definition) is 8. The molecule has 1 saturated heterocycles. The number of amides is 1. The summed E-state index contributed by atoms with van der Waals surface area (Å²) in [5.41, 5.74) is 0.803.